The molecule has 0 saturated carbocycles. The lowest BCUT2D eigenvalue weighted by Gasteiger charge is -2.09. The number of hydrogen-bond acceptors (Lipinski definition) is 2. The zero-order chi connectivity index (χ0) is 20.6. The molecule has 0 atom stereocenters. The Balaban J connectivity index is 1.78. The molecule has 0 spiro atoms. The number of nitrogens with one attached hydrogen (secondary N) is 2. The predicted octanol–water partition coefficient (Wildman–Crippen LogP) is 3.85. The Hall–Kier alpha value is -2.80. The van der Waals surface area contributed by atoms with Gasteiger partial charge in [-0.1, -0.05) is 48.0 Å². The summed E-state index contributed by atoms with van der Waals surface area (Å²) in [6, 6.07) is 12.9. The summed E-state index contributed by atoms with van der Waals surface area (Å²) in [5.41, 5.74) is 0.268. The molecule has 2 N–H and O–H groups in total. The SMILES string of the molecule is O=C(/C=C/c1ccc(Cl)c(C(F)(F)F)c1)NCC(=O)NCCc1ccccc1. The van der Waals surface area contributed by atoms with Gasteiger partial charge in [-0.25, -0.2) is 0 Å². The van der Waals surface area contributed by atoms with Gasteiger partial charge in [-0.3, -0.25) is 9.59 Å². The summed E-state index contributed by atoms with van der Waals surface area (Å²) in [5.74, 6) is -0.953. The molecule has 0 saturated heterocycles. The molecular formula is C20H18ClF3N2O2. The molecule has 2 aromatic rings. The van der Waals surface area contributed by atoms with Gasteiger partial charge < -0.3 is 10.6 Å². The normalized spacial score (nSPS) is 11.4. The maximum atomic E-state index is 12.8. The average Bonchev–Trinajstić information content (AvgIpc) is 2.65. The van der Waals surface area contributed by atoms with E-state index in [4.69, 9.17) is 11.6 Å². The van der Waals surface area contributed by atoms with Gasteiger partial charge in [0.05, 0.1) is 17.1 Å². The highest BCUT2D eigenvalue weighted by molar-refractivity contribution is 6.31. The lowest BCUT2D eigenvalue weighted by Crippen LogP contribution is -2.37. The van der Waals surface area contributed by atoms with Gasteiger partial charge in [-0.15, -0.1) is 0 Å². The van der Waals surface area contributed by atoms with Crippen LogP contribution in [0.2, 0.25) is 5.02 Å². The van der Waals surface area contributed by atoms with Gasteiger partial charge >= 0.3 is 6.18 Å². The molecule has 0 radical (unpaired) electrons. The van der Waals surface area contributed by atoms with Gasteiger partial charge in [-0.2, -0.15) is 13.2 Å². The van der Waals surface area contributed by atoms with E-state index in [1.54, 1.807) is 0 Å². The van der Waals surface area contributed by atoms with Crippen molar-refractivity contribution in [1.29, 1.82) is 0 Å². The predicted molar refractivity (Wildman–Crippen MR) is 102 cm³/mol. The van der Waals surface area contributed by atoms with Crippen LogP contribution in [-0.4, -0.2) is 24.9 Å². The molecule has 0 aromatic heterocycles. The van der Waals surface area contributed by atoms with Gasteiger partial charge in [-0.05, 0) is 35.8 Å². The number of hydrogen-bond donors (Lipinski definition) is 2. The van der Waals surface area contributed by atoms with Crippen molar-refractivity contribution in [3.8, 4) is 0 Å². The van der Waals surface area contributed by atoms with E-state index >= 15 is 0 Å². The molecule has 0 aliphatic heterocycles. The van der Waals surface area contributed by atoms with Crippen LogP contribution in [0.5, 0.6) is 0 Å². The fourth-order valence-corrected chi connectivity index (χ4v) is 2.54. The van der Waals surface area contributed by atoms with E-state index in [1.807, 2.05) is 30.3 Å². The van der Waals surface area contributed by atoms with Crippen molar-refractivity contribution < 1.29 is 22.8 Å². The molecular weight excluding hydrogens is 393 g/mol. The Morgan fingerprint density at radius 1 is 1.04 bits per heavy atom. The van der Waals surface area contributed by atoms with Crippen LogP contribution in [0.3, 0.4) is 0 Å². The van der Waals surface area contributed by atoms with Crippen LogP contribution in [0.1, 0.15) is 16.7 Å². The van der Waals surface area contributed by atoms with Crippen LogP contribution in [0, 0.1) is 0 Å². The summed E-state index contributed by atoms with van der Waals surface area (Å²) in [4.78, 5) is 23.5. The maximum absolute atomic E-state index is 12.8. The Labute approximate surface area is 165 Å². The largest absolute Gasteiger partial charge is 0.417 e. The molecule has 0 aliphatic rings. The molecule has 0 fully saturated rings. The van der Waals surface area contributed by atoms with Gasteiger partial charge in [0.2, 0.25) is 11.8 Å². The summed E-state index contributed by atoms with van der Waals surface area (Å²) < 4.78 is 38.4. The van der Waals surface area contributed by atoms with Crippen molar-refractivity contribution in [2.75, 3.05) is 13.1 Å². The molecule has 0 aliphatic carbocycles. The van der Waals surface area contributed by atoms with Gasteiger partial charge in [0, 0.05) is 12.6 Å². The average molecular weight is 411 g/mol. The standard InChI is InChI=1S/C20H18ClF3N2O2/c21-17-8-6-15(12-16(17)20(22,23)24)7-9-18(27)26-13-19(28)25-11-10-14-4-2-1-3-5-14/h1-9,12H,10-11,13H2,(H,25,28)(H,26,27)/b9-7+. The summed E-state index contributed by atoms with van der Waals surface area (Å²) in [6.07, 6.45) is -1.64. The highest BCUT2D eigenvalue weighted by Crippen LogP contribution is 2.35. The van der Waals surface area contributed by atoms with Crippen LogP contribution >= 0.6 is 11.6 Å². The Kier molecular flexibility index (Phi) is 7.63. The van der Waals surface area contributed by atoms with E-state index < -0.39 is 22.7 Å². The van der Waals surface area contributed by atoms with E-state index in [1.165, 1.54) is 12.1 Å². The number of benzene rings is 2. The fourth-order valence-electron chi connectivity index (χ4n) is 2.32. The quantitative estimate of drug-likeness (QED) is 0.681. The van der Waals surface area contributed by atoms with Crippen molar-refractivity contribution in [2.24, 2.45) is 0 Å². The first-order chi connectivity index (χ1) is 13.3. The Morgan fingerprint density at radius 2 is 1.75 bits per heavy atom. The first-order valence-corrected chi connectivity index (χ1v) is 8.77. The molecule has 148 valence electrons. The third-order valence-corrected chi connectivity index (χ3v) is 4.05. The fraction of sp³-hybridized carbons (Fsp3) is 0.200. The molecule has 2 aromatic carbocycles. The van der Waals surface area contributed by atoms with Crippen molar-refractivity contribution in [3.63, 3.8) is 0 Å². The van der Waals surface area contributed by atoms with Crippen molar-refractivity contribution in [1.82, 2.24) is 10.6 Å². The van der Waals surface area contributed by atoms with E-state index in [0.717, 1.165) is 23.8 Å². The summed E-state index contributed by atoms with van der Waals surface area (Å²) in [7, 11) is 0. The van der Waals surface area contributed by atoms with Crippen LogP contribution in [-0.2, 0) is 22.2 Å². The zero-order valence-electron chi connectivity index (χ0n) is 14.7. The van der Waals surface area contributed by atoms with Gasteiger partial charge in [0.15, 0.2) is 0 Å². The number of alkyl halides is 3. The van der Waals surface area contributed by atoms with E-state index in [0.29, 0.717) is 13.0 Å². The van der Waals surface area contributed by atoms with E-state index in [2.05, 4.69) is 10.6 Å². The van der Waals surface area contributed by atoms with Gasteiger partial charge in [0.1, 0.15) is 0 Å². The number of halogens is 4. The number of rotatable bonds is 7. The summed E-state index contributed by atoms with van der Waals surface area (Å²) in [6.45, 7) is 0.200. The topological polar surface area (TPSA) is 58.2 Å². The zero-order valence-corrected chi connectivity index (χ0v) is 15.5. The minimum atomic E-state index is -4.58. The van der Waals surface area contributed by atoms with Crippen LogP contribution in [0.15, 0.2) is 54.6 Å². The Bertz CT molecular complexity index is 852. The molecule has 0 heterocycles. The number of carbonyl (C=O) groups is 2. The summed E-state index contributed by atoms with van der Waals surface area (Å²) >= 11 is 5.54. The first kappa shape index (κ1) is 21.5. The maximum Gasteiger partial charge on any atom is 0.417 e. The van der Waals surface area contributed by atoms with Crippen molar-refractivity contribution >= 4 is 29.5 Å². The second-order valence-corrected chi connectivity index (χ2v) is 6.28. The lowest BCUT2D eigenvalue weighted by atomic mass is 10.1. The van der Waals surface area contributed by atoms with E-state index in [-0.39, 0.29) is 18.0 Å². The van der Waals surface area contributed by atoms with Gasteiger partial charge in [0.25, 0.3) is 0 Å². The number of amides is 2. The second kappa shape index (κ2) is 9.94. The Morgan fingerprint density at radius 3 is 2.43 bits per heavy atom. The van der Waals surface area contributed by atoms with Crippen LogP contribution < -0.4 is 10.6 Å². The molecule has 2 amide bonds. The van der Waals surface area contributed by atoms with Crippen LogP contribution in [0.25, 0.3) is 6.08 Å². The third-order valence-electron chi connectivity index (χ3n) is 3.72. The minimum absolute atomic E-state index is 0.166. The van der Waals surface area contributed by atoms with Crippen molar-refractivity contribution in [3.05, 3.63) is 76.3 Å². The monoisotopic (exact) mass is 410 g/mol. The smallest absolute Gasteiger partial charge is 0.354 e. The molecule has 8 heteroatoms. The van der Waals surface area contributed by atoms with Crippen molar-refractivity contribution in [2.45, 2.75) is 12.6 Å². The number of carbonyl (C=O) groups excluding carboxylic acids is 2. The molecule has 28 heavy (non-hydrogen) atoms. The second-order valence-electron chi connectivity index (χ2n) is 5.87. The third kappa shape index (κ3) is 7.08. The minimum Gasteiger partial charge on any atom is -0.354 e. The summed E-state index contributed by atoms with van der Waals surface area (Å²) in [5, 5.41) is 4.63. The highest BCUT2D eigenvalue weighted by Gasteiger charge is 2.33. The van der Waals surface area contributed by atoms with Crippen LogP contribution in [0.4, 0.5) is 13.2 Å². The molecule has 2 rings (SSSR count). The van der Waals surface area contributed by atoms with E-state index in [9.17, 15) is 22.8 Å². The highest BCUT2D eigenvalue weighted by atomic mass is 35.5. The molecule has 0 bridgehead atoms. The molecule has 4 nitrogen and oxygen atoms in total. The first-order valence-electron chi connectivity index (χ1n) is 8.39. The molecule has 0 unspecified atom stereocenters. The lowest BCUT2D eigenvalue weighted by molar-refractivity contribution is -0.137.